The summed E-state index contributed by atoms with van der Waals surface area (Å²) in [4.78, 5) is 57.3. The van der Waals surface area contributed by atoms with E-state index >= 15 is 0 Å². The highest BCUT2D eigenvalue weighted by atomic mass is 35.5. The van der Waals surface area contributed by atoms with Crippen molar-refractivity contribution in [3.05, 3.63) is 116 Å². The zero-order chi connectivity index (χ0) is 33.2. The van der Waals surface area contributed by atoms with E-state index in [1.54, 1.807) is 24.3 Å². The number of furan rings is 2. The molecule has 0 radical (unpaired) electrons. The summed E-state index contributed by atoms with van der Waals surface area (Å²) in [6.07, 6.45) is 0.345. The van der Waals surface area contributed by atoms with Crippen molar-refractivity contribution in [1.82, 2.24) is 9.55 Å². The Morgan fingerprint density at radius 3 is 2.45 bits per heavy atom. The van der Waals surface area contributed by atoms with E-state index < -0.39 is 67.9 Å². The minimum absolute atomic E-state index is 0.0247. The molecule has 16 nitrogen and oxygen atoms in total. The molecule has 0 amide bonds. The Hall–Kier alpha value is -4.57. The van der Waals surface area contributed by atoms with Crippen molar-refractivity contribution in [1.29, 1.82) is 0 Å². The minimum Gasteiger partial charge on any atom is -0.472 e. The van der Waals surface area contributed by atoms with Crippen molar-refractivity contribution in [3.63, 3.8) is 0 Å². The summed E-state index contributed by atoms with van der Waals surface area (Å²) >= 11 is 6.13. The number of halogens is 1. The number of hydrogen-bond acceptors (Lipinski definition) is 14. The number of aromatic amines is 1. The lowest BCUT2D eigenvalue weighted by Gasteiger charge is -2.33. The predicted octanol–water partition coefficient (Wildman–Crippen LogP) is 4.06. The first-order chi connectivity index (χ1) is 22.6. The molecular formula is C29H25ClN3O13P. The van der Waals surface area contributed by atoms with Crippen LogP contribution in [0.15, 0.2) is 97.1 Å². The molecule has 2 aliphatic rings. The first-order valence-electron chi connectivity index (χ1n) is 13.9. The van der Waals surface area contributed by atoms with Crippen LogP contribution in [0.3, 0.4) is 0 Å². The van der Waals surface area contributed by atoms with Gasteiger partial charge >= 0.3 is 25.5 Å². The number of aromatic nitrogens is 2. The number of carbonyl (C=O) groups is 2. The maximum absolute atomic E-state index is 13.8. The van der Waals surface area contributed by atoms with Gasteiger partial charge in [0.2, 0.25) is 5.72 Å². The van der Waals surface area contributed by atoms with Crippen molar-refractivity contribution in [3.8, 4) is 0 Å². The van der Waals surface area contributed by atoms with Crippen LogP contribution in [-0.2, 0) is 32.3 Å². The first kappa shape index (κ1) is 32.4. The molecule has 0 saturated carbocycles. The van der Waals surface area contributed by atoms with E-state index in [9.17, 15) is 23.7 Å². The summed E-state index contributed by atoms with van der Waals surface area (Å²) in [5.74, 6) is -1.94. The Kier molecular flexibility index (Phi) is 9.14. The van der Waals surface area contributed by atoms with Crippen molar-refractivity contribution in [2.24, 2.45) is 4.99 Å². The number of rotatable bonds is 10. The maximum Gasteiger partial charge on any atom is 0.475 e. The van der Waals surface area contributed by atoms with Crippen LogP contribution in [0, 0.1) is 0 Å². The molecule has 2 aliphatic heterocycles. The first-order valence-corrected chi connectivity index (χ1v) is 15.7. The van der Waals surface area contributed by atoms with Crippen LogP contribution in [0.5, 0.6) is 0 Å². The second-order valence-electron chi connectivity index (χ2n) is 10.2. The minimum atomic E-state index is -4.36. The van der Waals surface area contributed by atoms with Gasteiger partial charge in [0.05, 0.1) is 36.4 Å². The van der Waals surface area contributed by atoms with Crippen LogP contribution < -0.4 is 11.2 Å². The van der Waals surface area contributed by atoms with Crippen LogP contribution >= 0.6 is 19.4 Å². The number of hydrogen-bond donors (Lipinski definition) is 1. The molecule has 1 aromatic carbocycles. The number of phosphoric ester groups is 1. The highest BCUT2D eigenvalue weighted by Crippen LogP contribution is 2.58. The molecule has 6 atom stereocenters. The van der Waals surface area contributed by atoms with Gasteiger partial charge in [0, 0.05) is 23.7 Å². The van der Waals surface area contributed by atoms with Gasteiger partial charge < -0.3 is 23.0 Å². The molecule has 47 heavy (non-hydrogen) atoms. The lowest BCUT2D eigenvalue weighted by molar-refractivity contribution is -0.127. The van der Waals surface area contributed by atoms with E-state index in [0.717, 1.165) is 29.4 Å². The zero-order valence-electron chi connectivity index (χ0n) is 24.1. The standard InChI is InChI=1S/C29H25ClN3O13P/c1-31-29(16-42-47(38)41-12-8-21(46-47)17-3-2-4-20(30)13-17)24(44-27(36)19-7-11-40-15-19)23(43-26(35)18-6-10-39-14-18)25(45-29)33-9-5-22(34)32-28(33)37/h2-7,9-11,13-15,21,23-25H,1,8,12,16H2,(H,32,34,37)/t21-,23+,24-,25+,29+,47?/m0/s1. The highest BCUT2D eigenvalue weighted by Gasteiger charge is 2.62. The van der Waals surface area contributed by atoms with Gasteiger partial charge in [0.1, 0.15) is 19.1 Å². The van der Waals surface area contributed by atoms with E-state index in [-0.39, 0.29) is 17.7 Å². The summed E-state index contributed by atoms with van der Waals surface area (Å²) in [6.45, 7) is 2.73. The summed E-state index contributed by atoms with van der Waals surface area (Å²) in [5.41, 5.74) is -3.36. The highest BCUT2D eigenvalue weighted by molar-refractivity contribution is 7.48. The third-order valence-electron chi connectivity index (χ3n) is 7.27. The van der Waals surface area contributed by atoms with Gasteiger partial charge in [0.15, 0.2) is 18.4 Å². The summed E-state index contributed by atoms with van der Waals surface area (Å²) in [5, 5.41) is 0.435. The lowest BCUT2D eigenvalue weighted by atomic mass is 10.0. The average molecular weight is 690 g/mol. The SMILES string of the molecule is C=N[C@]1(COP2(=O)OCC[C@@H](c3cccc(Cl)c3)O2)O[C@@H](n2ccc(=O)[nH]c2=O)[C@H](OC(=O)c2ccoc2)[C@@H]1OC(=O)c1ccoc1. The third-order valence-corrected chi connectivity index (χ3v) is 8.96. The molecule has 18 heteroatoms. The predicted molar refractivity (Wildman–Crippen MR) is 159 cm³/mol. The smallest absolute Gasteiger partial charge is 0.472 e. The van der Waals surface area contributed by atoms with Gasteiger partial charge in [-0.05, 0) is 36.5 Å². The number of benzene rings is 1. The summed E-state index contributed by atoms with van der Waals surface area (Å²) in [6, 6.07) is 10.4. The lowest BCUT2D eigenvalue weighted by Crippen LogP contribution is -2.49. The number of phosphoric acid groups is 1. The van der Waals surface area contributed by atoms with Crippen LogP contribution in [0.1, 0.15) is 45.0 Å². The van der Waals surface area contributed by atoms with Crippen molar-refractivity contribution >= 4 is 38.1 Å². The van der Waals surface area contributed by atoms with E-state index in [2.05, 4.69) is 16.7 Å². The number of nitrogens with zero attached hydrogens (tertiary/aromatic N) is 2. The second-order valence-corrected chi connectivity index (χ2v) is 12.3. The number of ether oxygens (including phenoxy) is 3. The molecule has 4 aromatic rings. The Bertz CT molecular complexity index is 1930. The van der Waals surface area contributed by atoms with Crippen molar-refractivity contribution in [2.75, 3.05) is 13.2 Å². The molecule has 246 valence electrons. The van der Waals surface area contributed by atoms with Crippen LogP contribution in [0.4, 0.5) is 0 Å². The number of carbonyl (C=O) groups excluding carboxylic acids is 2. The van der Waals surface area contributed by atoms with E-state index in [1.807, 2.05) is 0 Å². The number of H-pyrrole nitrogens is 1. The molecule has 5 heterocycles. The second kappa shape index (κ2) is 13.3. The third kappa shape index (κ3) is 6.79. The normalized spacial score (nSPS) is 27.3. The Labute approximate surface area is 269 Å². The molecule has 0 bridgehead atoms. The van der Waals surface area contributed by atoms with Gasteiger partial charge in [0.25, 0.3) is 5.56 Å². The van der Waals surface area contributed by atoms with E-state index in [1.165, 1.54) is 24.7 Å². The van der Waals surface area contributed by atoms with Gasteiger partial charge in [-0.15, -0.1) is 0 Å². The zero-order valence-corrected chi connectivity index (χ0v) is 25.7. The quantitative estimate of drug-likeness (QED) is 0.142. The van der Waals surface area contributed by atoms with Crippen molar-refractivity contribution < 1.29 is 50.8 Å². The largest absolute Gasteiger partial charge is 0.475 e. The van der Waals surface area contributed by atoms with E-state index in [4.69, 9.17) is 48.2 Å². The monoisotopic (exact) mass is 689 g/mol. The summed E-state index contributed by atoms with van der Waals surface area (Å²) < 4.78 is 59.1. The topological polar surface area (TPSA) is 200 Å². The fourth-order valence-electron chi connectivity index (χ4n) is 4.98. The number of aliphatic imine (C=N–C) groups is 1. The fourth-order valence-corrected chi connectivity index (χ4v) is 6.59. The molecule has 6 rings (SSSR count). The van der Waals surface area contributed by atoms with Crippen LogP contribution in [-0.4, -0.2) is 59.4 Å². The van der Waals surface area contributed by atoms with Gasteiger partial charge in [-0.2, -0.15) is 0 Å². The molecule has 0 aliphatic carbocycles. The molecule has 0 spiro atoms. The molecule has 2 fully saturated rings. The van der Waals surface area contributed by atoms with Crippen LogP contribution in [0.25, 0.3) is 0 Å². The van der Waals surface area contributed by atoms with Gasteiger partial charge in [-0.3, -0.25) is 32.9 Å². The molecule has 1 N–H and O–H groups in total. The molecule has 1 unspecified atom stereocenters. The van der Waals surface area contributed by atoms with E-state index in [0.29, 0.717) is 17.0 Å². The fraction of sp³-hybridized carbons (Fsp3) is 0.276. The van der Waals surface area contributed by atoms with Gasteiger partial charge in [-0.1, -0.05) is 23.7 Å². The average Bonchev–Trinajstić information content (AvgIpc) is 3.83. The Morgan fingerprint density at radius 2 is 1.81 bits per heavy atom. The molecule has 3 aromatic heterocycles. The maximum atomic E-state index is 13.8. The van der Waals surface area contributed by atoms with Gasteiger partial charge in [-0.25, -0.2) is 18.9 Å². The summed E-state index contributed by atoms with van der Waals surface area (Å²) in [7, 11) is -4.36. The van der Waals surface area contributed by atoms with Crippen molar-refractivity contribution in [2.45, 2.75) is 36.7 Å². The molecular weight excluding hydrogens is 665 g/mol. The molecule has 2 saturated heterocycles. The van der Waals surface area contributed by atoms with Crippen LogP contribution in [0.2, 0.25) is 5.02 Å². The number of nitrogens with one attached hydrogen (secondary N) is 1. The Morgan fingerprint density at radius 1 is 1.09 bits per heavy atom. The number of esters is 2. The Balaban J connectivity index is 1.37.